The van der Waals surface area contributed by atoms with Gasteiger partial charge in [-0.1, -0.05) is 18.2 Å². The zero-order chi connectivity index (χ0) is 20.5. The molecule has 146 valence electrons. The van der Waals surface area contributed by atoms with E-state index in [4.69, 9.17) is 4.98 Å². The fourth-order valence-electron chi connectivity index (χ4n) is 3.63. The van der Waals surface area contributed by atoms with Gasteiger partial charge in [0.15, 0.2) is 5.78 Å². The maximum atomic E-state index is 13.0. The maximum absolute atomic E-state index is 13.0. The predicted molar refractivity (Wildman–Crippen MR) is 113 cm³/mol. The fourth-order valence-corrected chi connectivity index (χ4v) is 3.63. The van der Waals surface area contributed by atoms with Crippen LogP contribution in [0.25, 0.3) is 11.3 Å². The standard InChI is InChI=1S/C23H17N5O2/c29-21(17-7-11-25-12-8-17)15-27-20-4-2-1-3-18(20)14-28-22(30)13-19(26-23(27)28)16-5-9-24-10-6-16/h1-13H,14-15H2. The van der Waals surface area contributed by atoms with Crippen molar-refractivity contribution in [2.75, 3.05) is 11.4 Å². The number of nitrogens with zero attached hydrogens (tertiary/aromatic N) is 5. The van der Waals surface area contributed by atoms with Gasteiger partial charge in [-0.25, -0.2) is 4.98 Å². The highest BCUT2D eigenvalue weighted by atomic mass is 16.1. The van der Waals surface area contributed by atoms with E-state index >= 15 is 0 Å². The molecule has 0 atom stereocenters. The van der Waals surface area contributed by atoms with Crippen LogP contribution in [0, 0.1) is 0 Å². The molecule has 5 rings (SSSR count). The van der Waals surface area contributed by atoms with Crippen molar-refractivity contribution in [1.29, 1.82) is 0 Å². The zero-order valence-corrected chi connectivity index (χ0v) is 16.0. The van der Waals surface area contributed by atoms with Gasteiger partial charge < -0.3 is 4.90 Å². The van der Waals surface area contributed by atoms with E-state index in [1.807, 2.05) is 41.3 Å². The number of Topliss-reactive ketones (excluding diaryl/α,β-unsaturated/α-hetero) is 1. The van der Waals surface area contributed by atoms with Crippen molar-refractivity contribution in [2.45, 2.75) is 6.54 Å². The van der Waals surface area contributed by atoms with Crippen molar-refractivity contribution in [3.63, 3.8) is 0 Å². The minimum atomic E-state index is -0.164. The Balaban J connectivity index is 1.64. The van der Waals surface area contributed by atoms with Gasteiger partial charge in [0.05, 0.1) is 18.8 Å². The number of benzene rings is 1. The molecule has 1 aromatic carbocycles. The first-order chi connectivity index (χ1) is 14.7. The van der Waals surface area contributed by atoms with E-state index in [2.05, 4.69) is 9.97 Å². The molecule has 0 amide bonds. The zero-order valence-electron chi connectivity index (χ0n) is 16.0. The van der Waals surface area contributed by atoms with Crippen molar-refractivity contribution >= 4 is 17.4 Å². The van der Waals surface area contributed by atoms with Crippen LogP contribution < -0.4 is 10.5 Å². The number of aromatic nitrogens is 4. The largest absolute Gasteiger partial charge is 0.304 e. The molecule has 0 aliphatic carbocycles. The van der Waals surface area contributed by atoms with E-state index in [0.717, 1.165) is 16.8 Å². The van der Waals surface area contributed by atoms with E-state index in [1.54, 1.807) is 41.5 Å². The number of hydrogen-bond donors (Lipinski definition) is 0. The lowest BCUT2D eigenvalue weighted by Crippen LogP contribution is -2.37. The fraction of sp³-hybridized carbons (Fsp3) is 0.0870. The summed E-state index contributed by atoms with van der Waals surface area (Å²) in [6.45, 7) is 0.473. The lowest BCUT2D eigenvalue weighted by atomic mass is 10.1. The molecule has 0 N–H and O–H groups in total. The second-order valence-electron chi connectivity index (χ2n) is 6.98. The van der Waals surface area contributed by atoms with E-state index in [-0.39, 0.29) is 17.9 Å². The summed E-state index contributed by atoms with van der Waals surface area (Å²) in [6, 6.07) is 16.3. The van der Waals surface area contributed by atoms with E-state index in [1.165, 1.54) is 6.07 Å². The molecule has 0 spiro atoms. The number of pyridine rings is 2. The number of fused-ring (bicyclic) bond motifs is 2. The topological polar surface area (TPSA) is 81.0 Å². The van der Waals surface area contributed by atoms with Crippen LogP contribution in [0.2, 0.25) is 0 Å². The molecule has 7 nitrogen and oxygen atoms in total. The molecule has 0 unspecified atom stereocenters. The summed E-state index contributed by atoms with van der Waals surface area (Å²) >= 11 is 0. The highest BCUT2D eigenvalue weighted by Gasteiger charge is 2.27. The third-order valence-electron chi connectivity index (χ3n) is 5.12. The number of para-hydroxylation sites is 1. The summed E-state index contributed by atoms with van der Waals surface area (Å²) in [6.07, 6.45) is 6.51. The van der Waals surface area contributed by atoms with Gasteiger partial charge in [-0.15, -0.1) is 0 Å². The molecule has 0 saturated heterocycles. The van der Waals surface area contributed by atoms with Gasteiger partial charge in [-0.3, -0.25) is 24.1 Å². The lowest BCUT2D eigenvalue weighted by Gasteiger charge is -2.32. The Kier molecular flexibility index (Phi) is 4.40. The van der Waals surface area contributed by atoms with Crippen LogP contribution in [0.1, 0.15) is 15.9 Å². The molecule has 0 radical (unpaired) electrons. The molecule has 0 saturated carbocycles. The van der Waals surface area contributed by atoms with Gasteiger partial charge in [0, 0.05) is 47.7 Å². The molecule has 4 aromatic rings. The average molecular weight is 395 g/mol. The number of hydrogen-bond acceptors (Lipinski definition) is 6. The van der Waals surface area contributed by atoms with Crippen LogP contribution in [-0.4, -0.2) is 31.8 Å². The third-order valence-corrected chi connectivity index (χ3v) is 5.12. The summed E-state index contributed by atoms with van der Waals surface area (Å²) in [4.78, 5) is 40.5. The van der Waals surface area contributed by atoms with Crippen LogP contribution in [0.15, 0.2) is 84.2 Å². The first-order valence-corrected chi connectivity index (χ1v) is 9.51. The van der Waals surface area contributed by atoms with E-state index in [9.17, 15) is 9.59 Å². The minimum absolute atomic E-state index is 0.0628. The van der Waals surface area contributed by atoms with E-state index in [0.29, 0.717) is 23.8 Å². The summed E-state index contributed by atoms with van der Waals surface area (Å²) in [5.74, 6) is 0.375. The second-order valence-corrected chi connectivity index (χ2v) is 6.98. The van der Waals surface area contributed by atoms with Gasteiger partial charge in [0.25, 0.3) is 5.56 Å². The van der Waals surface area contributed by atoms with Crippen molar-refractivity contribution in [3.05, 3.63) is 101 Å². The molecule has 4 heterocycles. The third kappa shape index (κ3) is 3.16. The van der Waals surface area contributed by atoms with Gasteiger partial charge in [-0.05, 0) is 35.9 Å². The number of ketones is 1. The predicted octanol–water partition coefficient (Wildman–Crippen LogP) is 3.08. The van der Waals surface area contributed by atoms with Gasteiger partial charge >= 0.3 is 0 Å². The molecule has 3 aromatic heterocycles. The van der Waals surface area contributed by atoms with Gasteiger partial charge in [-0.2, -0.15) is 0 Å². The second kappa shape index (κ2) is 7.36. The van der Waals surface area contributed by atoms with Crippen LogP contribution in [0.4, 0.5) is 11.6 Å². The lowest BCUT2D eigenvalue weighted by molar-refractivity contribution is 0.100. The first kappa shape index (κ1) is 17.9. The van der Waals surface area contributed by atoms with E-state index < -0.39 is 0 Å². The highest BCUT2D eigenvalue weighted by Crippen LogP contribution is 2.33. The Morgan fingerprint density at radius 2 is 1.63 bits per heavy atom. The maximum Gasteiger partial charge on any atom is 0.255 e. The Morgan fingerprint density at radius 1 is 0.933 bits per heavy atom. The smallest absolute Gasteiger partial charge is 0.255 e. The Hall–Kier alpha value is -4.13. The summed E-state index contributed by atoms with van der Waals surface area (Å²) in [7, 11) is 0. The molecule has 0 fully saturated rings. The number of carbonyl (C=O) groups is 1. The molecule has 1 aliphatic heterocycles. The van der Waals surface area contributed by atoms with Crippen molar-refractivity contribution < 1.29 is 4.79 Å². The quantitative estimate of drug-likeness (QED) is 0.494. The molecule has 30 heavy (non-hydrogen) atoms. The molecule has 7 heteroatoms. The molecule has 1 aliphatic rings. The van der Waals surface area contributed by atoms with Crippen LogP contribution in [-0.2, 0) is 6.54 Å². The first-order valence-electron chi connectivity index (χ1n) is 9.51. The SMILES string of the molecule is O=C(CN1c2ccccc2Cn2c1nc(-c1ccncc1)cc2=O)c1ccncc1. The normalized spacial score (nSPS) is 12.2. The molecular formula is C23H17N5O2. The monoisotopic (exact) mass is 395 g/mol. The number of rotatable bonds is 4. The average Bonchev–Trinajstić information content (AvgIpc) is 2.80. The van der Waals surface area contributed by atoms with Gasteiger partial charge in [0.2, 0.25) is 5.95 Å². The van der Waals surface area contributed by atoms with Crippen LogP contribution >= 0.6 is 0 Å². The Morgan fingerprint density at radius 3 is 2.40 bits per heavy atom. The van der Waals surface area contributed by atoms with Crippen molar-refractivity contribution in [1.82, 2.24) is 19.5 Å². The highest BCUT2D eigenvalue weighted by molar-refractivity contribution is 6.00. The summed E-state index contributed by atoms with van der Waals surface area (Å²) in [5, 5.41) is 0. The summed E-state index contributed by atoms with van der Waals surface area (Å²) < 4.78 is 1.60. The number of carbonyl (C=O) groups excluding carboxylic acids is 1. The minimum Gasteiger partial charge on any atom is -0.304 e. The summed E-state index contributed by atoms with van der Waals surface area (Å²) in [5.41, 5.74) is 3.58. The van der Waals surface area contributed by atoms with Crippen LogP contribution in [0.5, 0.6) is 0 Å². The Labute approximate surface area is 172 Å². The van der Waals surface area contributed by atoms with Crippen molar-refractivity contribution in [2.24, 2.45) is 0 Å². The van der Waals surface area contributed by atoms with Crippen LogP contribution in [0.3, 0.4) is 0 Å². The number of anilines is 2. The molecular weight excluding hydrogens is 378 g/mol. The molecule has 0 bridgehead atoms. The van der Waals surface area contributed by atoms with Gasteiger partial charge in [0.1, 0.15) is 0 Å². The Bertz CT molecular complexity index is 1290. The van der Waals surface area contributed by atoms with Crippen molar-refractivity contribution in [3.8, 4) is 11.3 Å².